The van der Waals surface area contributed by atoms with Crippen LogP contribution < -0.4 is 4.74 Å². The zero-order valence-electron chi connectivity index (χ0n) is 8.46. The number of benzene rings is 1. The van der Waals surface area contributed by atoms with E-state index in [1.807, 2.05) is 0 Å². The molecule has 0 aliphatic heterocycles. The van der Waals surface area contributed by atoms with E-state index in [4.69, 9.17) is 32.9 Å². The van der Waals surface area contributed by atoms with Crippen LogP contribution in [0.3, 0.4) is 0 Å². The Balaban J connectivity index is 0.00000289. The molecule has 1 aromatic rings. The van der Waals surface area contributed by atoms with Gasteiger partial charge in [0.05, 0.1) is 5.02 Å². The number of rotatable bonds is 4. The summed E-state index contributed by atoms with van der Waals surface area (Å²) >= 11 is 11.2. The minimum atomic E-state index is -4.61. The van der Waals surface area contributed by atoms with E-state index in [2.05, 4.69) is 4.74 Å². The highest BCUT2D eigenvalue weighted by Crippen LogP contribution is 2.35. The molecular formula is C8H7Cl3O6S. The highest BCUT2D eigenvalue weighted by Gasteiger charge is 2.21. The van der Waals surface area contributed by atoms with Crippen molar-refractivity contribution < 1.29 is 27.6 Å². The summed E-state index contributed by atoms with van der Waals surface area (Å²) in [5.41, 5.74) is 0. The number of carboxylic acid groups (broad SMARTS) is 1. The largest absolute Gasteiger partial charge is 0.479 e. The summed E-state index contributed by atoms with van der Waals surface area (Å²) in [5, 5.41) is 8.15. The van der Waals surface area contributed by atoms with E-state index in [1.165, 1.54) is 0 Å². The highest BCUT2D eigenvalue weighted by molar-refractivity contribution is 7.86. The normalized spacial score (nSPS) is 10.6. The minimum absolute atomic E-state index is 0. The van der Waals surface area contributed by atoms with Gasteiger partial charge in [-0.2, -0.15) is 8.42 Å². The van der Waals surface area contributed by atoms with Crippen molar-refractivity contribution in [1.29, 1.82) is 0 Å². The minimum Gasteiger partial charge on any atom is -0.479 e. The summed E-state index contributed by atoms with van der Waals surface area (Å²) in [6.07, 6.45) is 0. The first-order valence-electron chi connectivity index (χ1n) is 4.03. The molecule has 0 saturated heterocycles. The van der Waals surface area contributed by atoms with Crippen LogP contribution in [0, 0.1) is 0 Å². The molecule has 0 fully saturated rings. The summed E-state index contributed by atoms with van der Waals surface area (Å²) in [4.78, 5) is 9.62. The lowest BCUT2D eigenvalue weighted by Gasteiger charge is -2.10. The van der Waals surface area contributed by atoms with Crippen molar-refractivity contribution in [2.75, 3.05) is 6.61 Å². The summed E-state index contributed by atoms with van der Waals surface area (Å²) in [5.74, 6) is -1.78. The smallest absolute Gasteiger partial charge is 0.341 e. The van der Waals surface area contributed by atoms with Crippen molar-refractivity contribution in [2.24, 2.45) is 0 Å². The van der Waals surface area contributed by atoms with Crippen LogP contribution in [-0.4, -0.2) is 30.7 Å². The average molecular weight is 338 g/mol. The highest BCUT2D eigenvalue weighted by atomic mass is 35.5. The molecule has 0 amide bonds. The summed E-state index contributed by atoms with van der Waals surface area (Å²) in [7, 11) is -4.61. The van der Waals surface area contributed by atoms with Crippen molar-refractivity contribution in [3.8, 4) is 5.75 Å². The molecule has 0 radical (unpaired) electrons. The first-order valence-corrected chi connectivity index (χ1v) is 6.22. The standard InChI is InChI=1S/C8H6Cl2O6S.ClH/c9-4-1-5(10)8(16-3-7(11)12)6(2-4)17(13,14)15;/h1-2H,3H2,(H,11,12)(H,13,14,15);1H. The second-order valence-electron chi connectivity index (χ2n) is 2.87. The van der Waals surface area contributed by atoms with Gasteiger partial charge < -0.3 is 9.84 Å². The molecule has 2 N–H and O–H groups in total. The van der Waals surface area contributed by atoms with Gasteiger partial charge in [-0.1, -0.05) is 23.2 Å². The number of hydrogen-bond donors (Lipinski definition) is 2. The average Bonchev–Trinajstić information content (AvgIpc) is 2.13. The van der Waals surface area contributed by atoms with Gasteiger partial charge in [-0.3, -0.25) is 4.55 Å². The first kappa shape index (κ1) is 17.3. The SMILES string of the molecule is Cl.O=C(O)COc1c(Cl)cc(Cl)cc1S(=O)(=O)O. The van der Waals surface area contributed by atoms with Crippen LogP contribution in [0.15, 0.2) is 17.0 Å². The fraction of sp³-hybridized carbons (Fsp3) is 0.125. The maximum atomic E-state index is 11.0. The summed E-state index contributed by atoms with van der Waals surface area (Å²) in [6.45, 7) is -0.802. The number of carbonyl (C=O) groups is 1. The zero-order chi connectivity index (χ0) is 13.2. The topological polar surface area (TPSA) is 101 Å². The van der Waals surface area contributed by atoms with Crippen molar-refractivity contribution in [3.63, 3.8) is 0 Å². The molecule has 0 aliphatic carbocycles. The molecule has 0 unspecified atom stereocenters. The lowest BCUT2D eigenvalue weighted by molar-refractivity contribution is -0.139. The third-order valence-corrected chi connectivity index (χ3v) is 2.95. The number of hydrogen-bond acceptors (Lipinski definition) is 4. The lowest BCUT2D eigenvalue weighted by atomic mass is 10.3. The molecule has 1 aromatic carbocycles. The van der Waals surface area contributed by atoms with Gasteiger partial charge in [0.1, 0.15) is 4.90 Å². The number of carboxylic acids is 1. The second kappa shape index (κ2) is 6.44. The van der Waals surface area contributed by atoms with Gasteiger partial charge >= 0.3 is 5.97 Å². The summed E-state index contributed by atoms with van der Waals surface area (Å²) < 4.78 is 35.6. The third kappa shape index (κ3) is 4.51. The van der Waals surface area contributed by atoms with Gasteiger partial charge in [0.25, 0.3) is 10.1 Å². The molecule has 6 nitrogen and oxygen atoms in total. The van der Waals surface area contributed by atoms with Gasteiger partial charge in [0, 0.05) is 5.02 Å². The Labute approximate surface area is 119 Å². The van der Waals surface area contributed by atoms with Gasteiger partial charge in [0.2, 0.25) is 0 Å². The van der Waals surface area contributed by atoms with E-state index in [0.717, 1.165) is 12.1 Å². The molecule has 0 aliphatic rings. The van der Waals surface area contributed by atoms with Crippen LogP contribution in [0.25, 0.3) is 0 Å². The molecule has 0 spiro atoms. The maximum absolute atomic E-state index is 11.0. The quantitative estimate of drug-likeness (QED) is 0.816. The molecule has 0 saturated carbocycles. The second-order valence-corrected chi connectivity index (χ2v) is 5.11. The number of halogens is 3. The van der Waals surface area contributed by atoms with Gasteiger partial charge in [-0.15, -0.1) is 12.4 Å². The monoisotopic (exact) mass is 336 g/mol. The Morgan fingerprint density at radius 1 is 1.33 bits per heavy atom. The Morgan fingerprint density at radius 3 is 2.33 bits per heavy atom. The Hall–Kier alpha value is -0.730. The molecule has 0 aromatic heterocycles. The molecule has 0 atom stereocenters. The van der Waals surface area contributed by atoms with E-state index in [-0.39, 0.29) is 22.5 Å². The van der Waals surface area contributed by atoms with Crippen LogP contribution in [-0.2, 0) is 14.9 Å². The van der Waals surface area contributed by atoms with E-state index in [0.29, 0.717) is 0 Å². The van der Waals surface area contributed by atoms with Gasteiger partial charge in [0.15, 0.2) is 12.4 Å². The van der Waals surface area contributed by atoms with Gasteiger partial charge in [-0.25, -0.2) is 4.79 Å². The molecular weight excluding hydrogens is 331 g/mol. The van der Waals surface area contributed by atoms with E-state index < -0.39 is 33.3 Å². The molecule has 10 heteroatoms. The van der Waals surface area contributed by atoms with Gasteiger partial charge in [-0.05, 0) is 12.1 Å². The Kier molecular flexibility index (Phi) is 6.18. The Bertz CT molecular complexity index is 556. The van der Waals surface area contributed by atoms with Crippen molar-refractivity contribution in [2.45, 2.75) is 4.90 Å². The lowest BCUT2D eigenvalue weighted by Crippen LogP contribution is -2.12. The van der Waals surface area contributed by atoms with Crippen LogP contribution in [0.2, 0.25) is 10.0 Å². The molecule has 0 bridgehead atoms. The van der Waals surface area contributed by atoms with Crippen molar-refractivity contribution in [1.82, 2.24) is 0 Å². The van der Waals surface area contributed by atoms with Crippen LogP contribution in [0.1, 0.15) is 0 Å². The van der Waals surface area contributed by atoms with Crippen molar-refractivity contribution >= 4 is 51.7 Å². The summed E-state index contributed by atoms with van der Waals surface area (Å²) in [6, 6.07) is 2.06. The van der Waals surface area contributed by atoms with E-state index in [1.54, 1.807) is 0 Å². The maximum Gasteiger partial charge on any atom is 0.341 e. The van der Waals surface area contributed by atoms with Crippen LogP contribution in [0.4, 0.5) is 0 Å². The molecule has 102 valence electrons. The van der Waals surface area contributed by atoms with Crippen molar-refractivity contribution in [3.05, 3.63) is 22.2 Å². The molecule has 18 heavy (non-hydrogen) atoms. The fourth-order valence-electron chi connectivity index (χ4n) is 1.00. The predicted molar refractivity (Wildman–Crippen MR) is 66.7 cm³/mol. The zero-order valence-corrected chi connectivity index (χ0v) is 11.6. The first-order chi connectivity index (χ1) is 7.71. The third-order valence-electron chi connectivity index (χ3n) is 1.59. The number of aliphatic carboxylic acids is 1. The van der Waals surface area contributed by atoms with E-state index in [9.17, 15) is 13.2 Å². The van der Waals surface area contributed by atoms with E-state index >= 15 is 0 Å². The number of ether oxygens (including phenoxy) is 1. The van der Waals surface area contributed by atoms with Crippen LogP contribution >= 0.6 is 35.6 Å². The van der Waals surface area contributed by atoms with Crippen LogP contribution in [0.5, 0.6) is 5.75 Å². The molecule has 0 heterocycles. The molecule has 1 rings (SSSR count). The fourth-order valence-corrected chi connectivity index (χ4v) is 2.35. The predicted octanol–water partition coefficient (Wildman–Crippen LogP) is 2.13. The Morgan fingerprint density at radius 2 is 1.89 bits per heavy atom.